The number of nitrogens with two attached hydrogens (primary N) is 1. The summed E-state index contributed by atoms with van der Waals surface area (Å²) in [7, 11) is 0. The van der Waals surface area contributed by atoms with Gasteiger partial charge in [0.25, 0.3) is 0 Å². The molecule has 0 spiro atoms. The number of anilines is 2. The lowest BCUT2D eigenvalue weighted by Crippen LogP contribution is -2.40. The van der Waals surface area contributed by atoms with E-state index in [9.17, 15) is 0 Å². The quantitative estimate of drug-likeness (QED) is 0.905. The third-order valence-electron chi connectivity index (χ3n) is 4.95. The third-order valence-corrected chi connectivity index (χ3v) is 4.95. The van der Waals surface area contributed by atoms with Crippen LogP contribution in [0.5, 0.6) is 0 Å². The average molecular weight is 312 g/mol. The highest BCUT2D eigenvalue weighted by Crippen LogP contribution is 2.30. The molecule has 1 saturated carbocycles. The number of pyridine rings is 1. The van der Waals surface area contributed by atoms with E-state index in [1.54, 1.807) is 0 Å². The van der Waals surface area contributed by atoms with Crippen LogP contribution in [0.4, 0.5) is 11.8 Å². The van der Waals surface area contributed by atoms with Crippen LogP contribution in [0.15, 0.2) is 6.07 Å². The second kappa shape index (κ2) is 5.60. The molecule has 23 heavy (non-hydrogen) atoms. The molecule has 0 aromatic carbocycles. The average Bonchev–Trinajstić information content (AvgIpc) is 3.31. The highest BCUT2D eigenvalue weighted by molar-refractivity contribution is 5.89. The molecule has 6 heteroatoms. The van der Waals surface area contributed by atoms with Gasteiger partial charge in [-0.3, -0.25) is 0 Å². The van der Waals surface area contributed by atoms with Gasteiger partial charge in [0.2, 0.25) is 5.95 Å². The third kappa shape index (κ3) is 2.95. The molecule has 1 aliphatic carbocycles. The molecule has 6 nitrogen and oxygen atoms in total. The normalized spacial score (nSPS) is 20.1. The number of nitrogens with zero attached hydrogens (tertiary/aromatic N) is 4. The summed E-state index contributed by atoms with van der Waals surface area (Å²) >= 11 is 0. The van der Waals surface area contributed by atoms with Crippen molar-refractivity contribution in [2.75, 3.05) is 24.1 Å². The minimum atomic E-state index is 0.424. The number of aryl methyl sites for hydroxylation is 2. The molecule has 0 radical (unpaired) electrons. The van der Waals surface area contributed by atoms with E-state index in [-0.39, 0.29) is 0 Å². The minimum absolute atomic E-state index is 0.424. The monoisotopic (exact) mass is 312 g/mol. The summed E-state index contributed by atoms with van der Waals surface area (Å²) < 4.78 is 0. The molecule has 0 atom stereocenters. The molecule has 0 bridgehead atoms. The highest BCUT2D eigenvalue weighted by Gasteiger charge is 2.31. The van der Waals surface area contributed by atoms with E-state index in [2.05, 4.69) is 25.2 Å². The minimum Gasteiger partial charge on any atom is -0.383 e. The first kappa shape index (κ1) is 14.6. The number of aromatic nitrogens is 3. The van der Waals surface area contributed by atoms with Crippen LogP contribution in [0.1, 0.15) is 36.9 Å². The second-order valence-electron chi connectivity index (χ2n) is 6.90. The van der Waals surface area contributed by atoms with Crippen LogP contribution in [0, 0.1) is 13.8 Å². The molecule has 0 amide bonds. The Balaban J connectivity index is 1.53. The van der Waals surface area contributed by atoms with Gasteiger partial charge in [-0.1, -0.05) is 0 Å². The molecule has 0 unspecified atom stereocenters. The van der Waals surface area contributed by atoms with Crippen LogP contribution >= 0.6 is 0 Å². The van der Waals surface area contributed by atoms with E-state index >= 15 is 0 Å². The topological polar surface area (TPSA) is 80.0 Å². The Morgan fingerprint density at radius 1 is 1.09 bits per heavy atom. The van der Waals surface area contributed by atoms with E-state index in [4.69, 9.17) is 5.73 Å². The Hall–Kier alpha value is -1.95. The van der Waals surface area contributed by atoms with Crippen LogP contribution in [0.25, 0.3) is 11.0 Å². The smallest absolute Gasteiger partial charge is 0.226 e. The number of likely N-dealkylation sites (tertiary alicyclic amines) is 1. The summed E-state index contributed by atoms with van der Waals surface area (Å²) in [4.78, 5) is 16.2. The lowest BCUT2D eigenvalue weighted by molar-refractivity contribution is 0.210. The van der Waals surface area contributed by atoms with Gasteiger partial charge in [-0.15, -0.1) is 0 Å². The van der Waals surface area contributed by atoms with Crippen molar-refractivity contribution < 1.29 is 0 Å². The molecule has 1 saturated heterocycles. The lowest BCUT2D eigenvalue weighted by atomic mass is 10.1. The molecular weight excluding hydrogens is 288 g/mol. The Bertz CT molecular complexity index is 731. The predicted molar refractivity (Wildman–Crippen MR) is 92.5 cm³/mol. The van der Waals surface area contributed by atoms with E-state index < -0.39 is 0 Å². The second-order valence-corrected chi connectivity index (χ2v) is 6.90. The van der Waals surface area contributed by atoms with Crippen molar-refractivity contribution in [1.82, 2.24) is 19.9 Å². The zero-order valence-electron chi connectivity index (χ0n) is 13.8. The Morgan fingerprint density at radius 3 is 2.52 bits per heavy atom. The van der Waals surface area contributed by atoms with Gasteiger partial charge in [-0.2, -0.15) is 9.97 Å². The van der Waals surface area contributed by atoms with Gasteiger partial charge in [0.1, 0.15) is 5.82 Å². The maximum Gasteiger partial charge on any atom is 0.226 e. The van der Waals surface area contributed by atoms with E-state index in [1.165, 1.54) is 25.9 Å². The summed E-state index contributed by atoms with van der Waals surface area (Å²) in [6.45, 7) is 6.34. The maximum absolute atomic E-state index is 6.14. The van der Waals surface area contributed by atoms with Crippen molar-refractivity contribution in [3.8, 4) is 0 Å². The number of hydrogen-bond donors (Lipinski definition) is 2. The van der Waals surface area contributed by atoms with Crippen molar-refractivity contribution >= 4 is 22.8 Å². The Morgan fingerprint density at radius 2 is 1.83 bits per heavy atom. The number of hydrogen-bond acceptors (Lipinski definition) is 6. The number of rotatable bonds is 3. The summed E-state index contributed by atoms with van der Waals surface area (Å²) in [5.41, 5.74) is 8.87. The van der Waals surface area contributed by atoms with Gasteiger partial charge in [-0.25, -0.2) is 4.98 Å². The highest BCUT2D eigenvalue weighted by atomic mass is 15.2. The fraction of sp³-hybridized carbons (Fsp3) is 0.588. The zero-order chi connectivity index (χ0) is 16.0. The molecule has 2 aromatic heterocycles. The fourth-order valence-corrected chi connectivity index (χ4v) is 3.61. The standard InChI is InChI=1S/C17H24N6/c1-10-9-11(2)19-16-14(10)15(18)21-17(22-16)20-12-5-7-23(8-6-12)13-3-4-13/h9,12-13H,3-8H2,1-2H3,(H3,18,19,20,21,22). The molecule has 3 heterocycles. The molecule has 2 fully saturated rings. The van der Waals surface area contributed by atoms with Crippen molar-refractivity contribution in [1.29, 1.82) is 0 Å². The van der Waals surface area contributed by atoms with Gasteiger partial charge in [0.05, 0.1) is 5.39 Å². The van der Waals surface area contributed by atoms with Crippen LogP contribution in [-0.2, 0) is 0 Å². The number of piperidine rings is 1. The summed E-state index contributed by atoms with van der Waals surface area (Å²) in [6.07, 6.45) is 5.04. The first-order valence-electron chi connectivity index (χ1n) is 8.52. The number of nitrogen functional groups attached to an aromatic ring is 1. The Labute approximate surface area is 136 Å². The van der Waals surface area contributed by atoms with Gasteiger partial charge in [-0.05, 0) is 51.2 Å². The molecular formula is C17H24N6. The van der Waals surface area contributed by atoms with Gasteiger partial charge < -0.3 is 16.0 Å². The van der Waals surface area contributed by atoms with Gasteiger partial charge in [0, 0.05) is 30.9 Å². The molecule has 2 aromatic rings. The summed E-state index contributed by atoms with van der Waals surface area (Å²) in [5.74, 6) is 1.12. The van der Waals surface area contributed by atoms with Crippen molar-refractivity contribution in [2.24, 2.45) is 0 Å². The molecule has 2 aliphatic rings. The van der Waals surface area contributed by atoms with Crippen LogP contribution < -0.4 is 11.1 Å². The summed E-state index contributed by atoms with van der Waals surface area (Å²) in [6, 6.07) is 3.30. The van der Waals surface area contributed by atoms with Crippen molar-refractivity contribution in [2.45, 2.75) is 51.6 Å². The van der Waals surface area contributed by atoms with Crippen LogP contribution in [0.3, 0.4) is 0 Å². The van der Waals surface area contributed by atoms with Gasteiger partial charge in [0.15, 0.2) is 5.65 Å². The zero-order valence-corrected chi connectivity index (χ0v) is 13.8. The molecule has 1 aliphatic heterocycles. The van der Waals surface area contributed by atoms with Crippen LogP contribution in [-0.4, -0.2) is 45.0 Å². The maximum atomic E-state index is 6.14. The van der Waals surface area contributed by atoms with E-state index in [0.717, 1.165) is 35.5 Å². The van der Waals surface area contributed by atoms with Gasteiger partial charge >= 0.3 is 0 Å². The SMILES string of the molecule is Cc1cc(C)c2c(N)nc(NC3CCN(C4CC4)CC3)nc2n1. The Kier molecular flexibility index (Phi) is 3.56. The largest absolute Gasteiger partial charge is 0.383 e. The van der Waals surface area contributed by atoms with E-state index in [1.807, 2.05) is 19.9 Å². The lowest BCUT2D eigenvalue weighted by Gasteiger charge is -2.32. The number of nitrogens with one attached hydrogen (secondary N) is 1. The first-order chi connectivity index (χ1) is 11.1. The molecule has 122 valence electrons. The van der Waals surface area contributed by atoms with Crippen molar-refractivity contribution in [3.05, 3.63) is 17.3 Å². The van der Waals surface area contributed by atoms with Crippen LogP contribution in [0.2, 0.25) is 0 Å². The molecule has 3 N–H and O–H groups in total. The summed E-state index contributed by atoms with van der Waals surface area (Å²) in [5, 5.41) is 4.33. The molecule has 4 rings (SSSR count). The fourth-order valence-electron chi connectivity index (χ4n) is 3.61. The van der Waals surface area contributed by atoms with E-state index in [0.29, 0.717) is 23.5 Å². The number of fused-ring (bicyclic) bond motifs is 1. The first-order valence-corrected chi connectivity index (χ1v) is 8.52. The van der Waals surface area contributed by atoms with Crippen molar-refractivity contribution in [3.63, 3.8) is 0 Å². The predicted octanol–water partition coefficient (Wildman–Crippen LogP) is 2.26.